The van der Waals surface area contributed by atoms with Gasteiger partial charge in [-0.05, 0) is 109 Å². The van der Waals surface area contributed by atoms with Crippen LogP contribution in [0.25, 0.3) is 0 Å². The van der Waals surface area contributed by atoms with Crippen molar-refractivity contribution >= 4 is 25.2 Å². The summed E-state index contributed by atoms with van der Waals surface area (Å²) in [4.78, 5) is 6.51. The van der Waals surface area contributed by atoms with Gasteiger partial charge in [0.25, 0.3) is 0 Å². The van der Waals surface area contributed by atoms with Crippen LogP contribution in [0.3, 0.4) is 0 Å². The molecule has 4 aromatic rings. The number of ether oxygens (including phenoxy) is 1. The number of pyridine rings is 2. The minimum absolute atomic E-state index is 0. The molecule has 6 rings (SSSR count). The van der Waals surface area contributed by atoms with E-state index < -0.39 is 25.0 Å². The highest BCUT2D eigenvalue weighted by molar-refractivity contribution is 6.62. The van der Waals surface area contributed by atoms with Crippen molar-refractivity contribution in [1.82, 2.24) is 9.97 Å². The summed E-state index contributed by atoms with van der Waals surface area (Å²) in [7, 11) is -0.771. The van der Waals surface area contributed by atoms with Crippen molar-refractivity contribution in [2.75, 3.05) is 0 Å². The maximum Gasteiger partial charge on any atom is 0.494 e. The van der Waals surface area contributed by atoms with Crippen LogP contribution in [0.1, 0.15) is 62.8 Å². The highest BCUT2D eigenvalue weighted by atomic mass is 19.1. The van der Waals surface area contributed by atoms with Crippen molar-refractivity contribution in [3.05, 3.63) is 103 Å². The summed E-state index contributed by atoms with van der Waals surface area (Å²) < 4.78 is 66.0. The third-order valence-electron chi connectivity index (χ3n) is 8.42. The van der Waals surface area contributed by atoms with E-state index >= 15 is 0 Å². The second-order valence-corrected chi connectivity index (χ2v) is 13.0. The molecule has 0 unspecified atom stereocenters. The van der Waals surface area contributed by atoms with Crippen molar-refractivity contribution in [3.8, 4) is 17.4 Å². The van der Waals surface area contributed by atoms with Crippen LogP contribution in [0.4, 0.5) is 13.2 Å². The molecule has 2 aliphatic rings. The highest BCUT2D eigenvalue weighted by Gasteiger charge is 2.52. The molecule has 13 heteroatoms. The molecule has 0 bridgehead atoms. The lowest BCUT2D eigenvalue weighted by Gasteiger charge is -2.32. The Bertz CT molecular complexity index is 1590. The molecule has 2 aromatic heterocycles. The monoisotopic (exact) mass is 666 g/mol. The highest BCUT2D eigenvalue weighted by Crippen LogP contribution is 2.37. The first kappa shape index (κ1) is 38.5. The van der Waals surface area contributed by atoms with Gasteiger partial charge in [-0.25, -0.2) is 0 Å². The van der Waals surface area contributed by atoms with Gasteiger partial charge < -0.3 is 28.5 Å². The molecule has 8 nitrogen and oxygen atoms in total. The lowest BCUT2D eigenvalue weighted by atomic mass is 9.79. The molecule has 2 fully saturated rings. The summed E-state index contributed by atoms with van der Waals surface area (Å²) in [5.41, 5.74) is 0.432. The Labute approximate surface area is 281 Å². The van der Waals surface area contributed by atoms with E-state index in [-0.39, 0.29) is 48.6 Å². The van der Waals surface area contributed by atoms with Gasteiger partial charge in [-0.3, -0.25) is 0 Å². The van der Waals surface area contributed by atoms with Gasteiger partial charge in [-0.2, -0.15) is 23.1 Å². The molecule has 48 heavy (non-hydrogen) atoms. The van der Waals surface area contributed by atoms with E-state index in [2.05, 4.69) is 9.97 Å². The lowest BCUT2D eigenvalue weighted by molar-refractivity contribution is 0.00578. The molecule has 4 heterocycles. The van der Waals surface area contributed by atoms with Crippen LogP contribution in [0.5, 0.6) is 17.4 Å². The summed E-state index contributed by atoms with van der Waals surface area (Å²) in [5, 5.41) is 9.22. The number of phenols is 1. The quantitative estimate of drug-likeness (QED) is 0.184. The minimum Gasteiger partial charge on any atom is -0.508 e. The Morgan fingerprint density at radius 3 is 1.25 bits per heavy atom. The van der Waals surface area contributed by atoms with Gasteiger partial charge >= 0.3 is 14.2 Å². The number of aromatic hydroxyl groups is 1. The Morgan fingerprint density at radius 2 is 0.896 bits per heavy atom. The van der Waals surface area contributed by atoms with Crippen LogP contribution in [0.15, 0.2) is 84.9 Å². The number of rotatable bonds is 4. The fraction of sp³-hybridized carbons (Fsp3) is 0.371. The van der Waals surface area contributed by atoms with Crippen LogP contribution in [0, 0.1) is 17.8 Å². The van der Waals surface area contributed by atoms with E-state index in [0.29, 0.717) is 5.75 Å². The predicted octanol–water partition coefficient (Wildman–Crippen LogP) is 7.00. The number of phenolic OH excluding ortho intramolecular Hbond substituents is 1. The van der Waals surface area contributed by atoms with Crippen molar-refractivity contribution < 1.29 is 41.6 Å². The largest absolute Gasteiger partial charge is 0.508 e. The van der Waals surface area contributed by atoms with E-state index in [1.54, 1.807) is 36.4 Å². The molecule has 0 radical (unpaired) electrons. The topological polar surface area (TPSA) is 92.2 Å². The van der Waals surface area contributed by atoms with Gasteiger partial charge in [0.1, 0.15) is 11.5 Å². The van der Waals surface area contributed by atoms with E-state index in [4.69, 9.17) is 23.4 Å². The number of halogens is 3. The van der Waals surface area contributed by atoms with E-state index in [0.717, 1.165) is 23.1 Å². The molecule has 2 aromatic carbocycles. The first-order valence-corrected chi connectivity index (χ1v) is 15.1. The van der Waals surface area contributed by atoms with Crippen LogP contribution < -0.4 is 15.7 Å². The number of aromatic nitrogens is 2. The molecule has 0 spiro atoms. The molecule has 0 atom stereocenters. The number of hydrogen-bond donors (Lipinski definition) is 1. The number of nitrogens with zero attached hydrogens (tertiary/aromatic N) is 2. The first-order valence-electron chi connectivity index (χ1n) is 15.1. The summed E-state index contributed by atoms with van der Waals surface area (Å²) >= 11 is 0. The molecule has 0 saturated carbocycles. The summed E-state index contributed by atoms with van der Waals surface area (Å²) in [6, 6.07) is 22.1. The van der Waals surface area contributed by atoms with Gasteiger partial charge in [0.2, 0.25) is 23.7 Å². The fourth-order valence-electron chi connectivity index (χ4n) is 4.23. The molecule has 2 aliphatic heterocycles. The number of hydrogen-bond acceptors (Lipinski definition) is 8. The Hall–Kier alpha value is -3.90. The van der Waals surface area contributed by atoms with E-state index in [1.807, 2.05) is 79.7 Å². The molecule has 256 valence electrons. The average molecular weight is 666 g/mol. The smallest absolute Gasteiger partial charge is 0.494 e. The fourth-order valence-corrected chi connectivity index (χ4v) is 4.23. The van der Waals surface area contributed by atoms with Crippen LogP contribution in [0.2, 0.25) is 0 Å². The third-order valence-corrected chi connectivity index (χ3v) is 8.42. The first-order chi connectivity index (χ1) is 21.9. The molecular formula is C35H43B2F3N2O6. The second-order valence-electron chi connectivity index (χ2n) is 13.0. The van der Waals surface area contributed by atoms with Crippen LogP contribution in [-0.4, -0.2) is 51.7 Å². The molecule has 2 saturated heterocycles. The van der Waals surface area contributed by atoms with Crippen molar-refractivity contribution in [1.29, 1.82) is 0 Å². The van der Waals surface area contributed by atoms with E-state index in [9.17, 15) is 18.3 Å². The van der Waals surface area contributed by atoms with Gasteiger partial charge in [0, 0.05) is 6.07 Å². The van der Waals surface area contributed by atoms with Crippen LogP contribution in [-0.2, 0) is 18.6 Å². The molecular weight excluding hydrogens is 623 g/mol. The minimum atomic E-state index is -0.787. The summed E-state index contributed by atoms with van der Waals surface area (Å²) in [6.07, 6.45) is 0. The van der Waals surface area contributed by atoms with E-state index in [1.165, 1.54) is 12.1 Å². The van der Waals surface area contributed by atoms with Gasteiger partial charge in [0.05, 0.1) is 22.4 Å². The Balaban J connectivity index is 0.000000216. The Morgan fingerprint density at radius 1 is 0.542 bits per heavy atom. The Kier molecular flexibility index (Phi) is 12.1. The van der Waals surface area contributed by atoms with Crippen LogP contribution >= 0.6 is 0 Å². The summed E-state index contributed by atoms with van der Waals surface area (Å²) in [6.45, 7) is 16.1. The third kappa shape index (κ3) is 9.59. The van der Waals surface area contributed by atoms with Crippen molar-refractivity contribution in [3.63, 3.8) is 0 Å². The van der Waals surface area contributed by atoms with Gasteiger partial charge in [0.15, 0.2) is 0 Å². The predicted molar refractivity (Wildman–Crippen MR) is 181 cm³/mol. The summed E-state index contributed by atoms with van der Waals surface area (Å²) in [5.74, 6) is -1.11. The zero-order valence-corrected chi connectivity index (χ0v) is 27.8. The maximum absolute atomic E-state index is 13.1. The van der Waals surface area contributed by atoms with Crippen molar-refractivity contribution in [2.45, 2.75) is 85.2 Å². The lowest BCUT2D eigenvalue weighted by Crippen LogP contribution is -2.41. The normalized spacial score (nSPS) is 18.1. The van der Waals surface area contributed by atoms with Gasteiger partial charge in [-0.1, -0.05) is 43.8 Å². The zero-order valence-electron chi connectivity index (χ0n) is 27.8. The SMILES string of the molecule is C.CC1(C)OB(c2ccc(O)cc2)OC1(C)C.CC1(C)OB(c2ccc(Oc3cccc(F)n3)cc2)OC1(C)C.Fc1cccc(F)n1. The molecule has 1 N–H and O–H groups in total. The van der Waals surface area contributed by atoms with Crippen molar-refractivity contribution in [2.24, 2.45) is 0 Å². The molecule has 0 amide bonds. The number of benzene rings is 2. The second kappa shape index (κ2) is 15.1. The zero-order chi connectivity index (χ0) is 34.6. The molecule has 0 aliphatic carbocycles. The van der Waals surface area contributed by atoms with Gasteiger partial charge in [-0.15, -0.1) is 0 Å². The maximum atomic E-state index is 13.1. The average Bonchev–Trinajstić information content (AvgIpc) is 3.33. The standard InChI is InChI=1S/C17H19BFNO3.C12H17BO3.C5H3F2N.CH4/c1-16(2)17(3,4)23-18(22-16)12-8-10-13(11-9-12)21-15-7-5-6-14(19)20-15;1-11(2)12(3,4)16-13(15-11)9-5-7-10(14)8-6-9;6-4-2-1-3-5(7)8-4;/h5-11H,1-4H3;5-8,14H,1-4H3;1-3H;1H4.